The van der Waals surface area contributed by atoms with E-state index in [-0.39, 0.29) is 0 Å². The van der Waals surface area contributed by atoms with Gasteiger partial charge in [0.25, 0.3) is 0 Å². The van der Waals surface area contributed by atoms with Gasteiger partial charge in [-0.1, -0.05) is 6.42 Å². The predicted octanol–water partition coefficient (Wildman–Crippen LogP) is 1.21. The molecule has 0 spiro atoms. The third kappa shape index (κ3) is 1.50. The van der Waals surface area contributed by atoms with E-state index in [1.165, 1.54) is 45.2 Å². The van der Waals surface area contributed by atoms with Crippen LogP contribution in [0.25, 0.3) is 0 Å². The van der Waals surface area contributed by atoms with Crippen molar-refractivity contribution in [2.24, 2.45) is 11.7 Å². The molecule has 2 fully saturated rings. The Morgan fingerprint density at radius 1 is 1.17 bits per heavy atom. The minimum absolute atomic E-state index is 0.884. The fourth-order valence-electron chi connectivity index (χ4n) is 2.90. The summed E-state index contributed by atoms with van der Waals surface area (Å²) in [6.45, 7) is 3.58. The smallest absolute Gasteiger partial charge is 0.0124 e. The molecule has 0 aromatic heterocycles. The molecule has 2 heteroatoms. The quantitative estimate of drug-likeness (QED) is 0.671. The molecule has 2 nitrogen and oxygen atoms in total. The van der Waals surface area contributed by atoms with Gasteiger partial charge in [-0.05, 0) is 51.2 Å². The second-order valence-electron chi connectivity index (χ2n) is 4.23. The van der Waals surface area contributed by atoms with Gasteiger partial charge in [0, 0.05) is 6.04 Å². The van der Waals surface area contributed by atoms with Crippen molar-refractivity contribution in [2.45, 2.75) is 38.1 Å². The number of hydrogen-bond donors (Lipinski definition) is 1. The van der Waals surface area contributed by atoms with Crippen LogP contribution in [0.3, 0.4) is 0 Å². The molecule has 0 saturated carbocycles. The second-order valence-corrected chi connectivity index (χ2v) is 4.23. The summed E-state index contributed by atoms with van der Waals surface area (Å²) < 4.78 is 0. The second kappa shape index (κ2) is 3.75. The number of fused-ring (bicyclic) bond motifs is 1. The Balaban J connectivity index is 1.92. The fraction of sp³-hybridized carbons (Fsp3) is 1.00. The van der Waals surface area contributed by atoms with Crippen LogP contribution in [-0.4, -0.2) is 30.6 Å². The summed E-state index contributed by atoms with van der Waals surface area (Å²) in [7, 11) is 0. The van der Waals surface area contributed by atoms with Crippen LogP contribution in [0.15, 0.2) is 0 Å². The van der Waals surface area contributed by atoms with Gasteiger partial charge in [0.05, 0.1) is 0 Å². The SMILES string of the molecule is NCCC1CCN2CCCCC12. The molecule has 0 radical (unpaired) electrons. The van der Waals surface area contributed by atoms with E-state index in [0.29, 0.717) is 0 Å². The Morgan fingerprint density at radius 3 is 2.92 bits per heavy atom. The molecule has 2 atom stereocenters. The van der Waals surface area contributed by atoms with E-state index in [4.69, 9.17) is 5.73 Å². The molecule has 12 heavy (non-hydrogen) atoms. The summed E-state index contributed by atoms with van der Waals surface area (Å²) in [6, 6.07) is 0.905. The number of rotatable bonds is 2. The van der Waals surface area contributed by atoms with Crippen molar-refractivity contribution in [3.63, 3.8) is 0 Å². The molecule has 2 N–H and O–H groups in total. The molecule has 0 amide bonds. The van der Waals surface area contributed by atoms with Crippen LogP contribution in [0, 0.1) is 5.92 Å². The first kappa shape index (κ1) is 8.52. The zero-order valence-electron chi connectivity index (χ0n) is 7.84. The molecular formula is C10H20N2. The predicted molar refractivity (Wildman–Crippen MR) is 51.0 cm³/mol. The Hall–Kier alpha value is -0.0800. The summed E-state index contributed by atoms with van der Waals surface area (Å²) in [4.78, 5) is 2.68. The van der Waals surface area contributed by atoms with Crippen molar-refractivity contribution >= 4 is 0 Å². The Labute approximate surface area is 75.1 Å². The first-order valence-electron chi connectivity index (χ1n) is 5.36. The maximum absolute atomic E-state index is 5.61. The molecule has 2 aliphatic rings. The minimum Gasteiger partial charge on any atom is -0.330 e. The number of hydrogen-bond acceptors (Lipinski definition) is 2. The Morgan fingerprint density at radius 2 is 2.08 bits per heavy atom. The summed E-state index contributed by atoms with van der Waals surface area (Å²) in [5, 5.41) is 0. The van der Waals surface area contributed by atoms with Gasteiger partial charge >= 0.3 is 0 Å². The molecule has 0 aliphatic carbocycles. The van der Waals surface area contributed by atoms with Crippen LogP contribution >= 0.6 is 0 Å². The molecule has 2 unspecified atom stereocenters. The maximum atomic E-state index is 5.61. The average molecular weight is 168 g/mol. The zero-order chi connectivity index (χ0) is 8.39. The lowest BCUT2D eigenvalue weighted by Gasteiger charge is -2.32. The normalized spacial score (nSPS) is 36.8. The first-order chi connectivity index (χ1) is 5.92. The molecule has 2 saturated heterocycles. The highest BCUT2D eigenvalue weighted by Gasteiger charge is 2.34. The van der Waals surface area contributed by atoms with Crippen LogP contribution in [0.2, 0.25) is 0 Å². The first-order valence-corrected chi connectivity index (χ1v) is 5.36. The van der Waals surface area contributed by atoms with Gasteiger partial charge in [-0.3, -0.25) is 0 Å². The number of nitrogens with zero attached hydrogens (tertiary/aromatic N) is 1. The lowest BCUT2D eigenvalue weighted by atomic mass is 9.91. The van der Waals surface area contributed by atoms with E-state index in [1.54, 1.807) is 0 Å². The van der Waals surface area contributed by atoms with Crippen molar-refractivity contribution in [1.29, 1.82) is 0 Å². The zero-order valence-corrected chi connectivity index (χ0v) is 7.84. The number of piperidine rings is 1. The standard InChI is InChI=1S/C10H20N2/c11-6-4-9-5-8-12-7-2-1-3-10(9)12/h9-10H,1-8,11H2. The lowest BCUT2D eigenvalue weighted by molar-refractivity contribution is 0.169. The van der Waals surface area contributed by atoms with E-state index in [1.807, 2.05) is 0 Å². The van der Waals surface area contributed by atoms with Crippen molar-refractivity contribution < 1.29 is 0 Å². The highest BCUT2D eigenvalue weighted by molar-refractivity contribution is 4.89. The Kier molecular flexibility index (Phi) is 2.66. The van der Waals surface area contributed by atoms with Gasteiger partial charge in [-0.25, -0.2) is 0 Å². The van der Waals surface area contributed by atoms with Crippen LogP contribution < -0.4 is 5.73 Å². The summed E-state index contributed by atoms with van der Waals surface area (Å²) in [5.41, 5.74) is 5.61. The van der Waals surface area contributed by atoms with Gasteiger partial charge in [-0.15, -0.1) is 0 Å². The van der Waals surface area contributed by atoms with Crippen molar-refractivity contribution in [1.82, 2.24) is 4.90 Å². The highest BCUT2D eigenvalue weighted by atomic mass is 15.2. The summed E-state index contributed by atoms with van der Waals surface area (Å²) in [5.74, 6) is 0.926. The Bertz CT molecular complexity index is 147. The van der Waals surface area contributed by atoms with Crippen LogP contribution in [0.5, 0.6) is 0 Å². The molecule has 2 rings (SSSR count). The van der Waals surface area contributed by atoms with Gasteiger partial charge in [0.2, 0.25) is 0 Å². The molecule has 0 aromatic rings. The molecule has 70 valence electrons. The molecule has 2 aliphatic heterocycles. The van der Waals surface area contributed by atoms with E-state index in [2.05, 4.69) is 4.90 Å². The van der Waals surface area contributed by atoms with Crippen molar-refractivity contribution in [3.8, 4) is 0 Å². The third-order valence-corrected chi connectivity index (χ3v) is 3.53. The maximum Gasteiger partial charge on any atom is 0.0124 e. The fourth-order valence-corrected chi connectivity index (χ4v) is 2.90. The van der Waals surface area contributed by atoms with Crippen LogP contribution in [-0.2, 0) is 0 Å². The molecule has 0 bridgehead atoms. The van der Waals surface area contributed by atoms with Gasteiger partial charge in [-0.2, -0.15) is 0 Å². The average Bonchev–Trinajstić information content (AvgIpc) is 2.50. The molecule has 2 heterocycles. The van der Waals surface area contributed by atoms with E-state index < -0.39 is 0 Å². The van der Waals surface area contributed by atoms with Gasteiger partial charge in [0.1, 0.15) is 0 Å². The lowest BCUT2D eigenvalue weighted by Crippen LogP contribution is -2.37. The van der Waals surface area contributed by atoms with E-state index >= 15 is 0 Å². The topological polar surface area (TPSA) is 29.3 Å². The van der Waals surface area contributed by atoms with E-state index in [0.717, 1.165) is 18.5 Å². The van der Waals surface area contributed by atoms with E-state index in [9.17, 15) is 0 Å². The highest BCUT2D eigenvalue weighted by Crippen LogP contribution is 2.33. The van der Waals surface area contributed by atoms with Crippen molar-refractivity contribution in [2.75, 3.05) is 19.6 Å². The van der Waals surface area contributed by atoms with Crippen molar-refractivity contribution in [3.05, 3.63) is 0 Å². The molecular weight excluding hydrogens is 148 g/mol. The van der Waals surface area contributed by atoms with Gasteiger partial charge < -0.3 is 10.6 Å². The minimum atomic E-state index is 0.884. The molecule has 0 aromatic carbocycles. The monoisotopic (exact) mass is 168 g/mol. The van der Waals surface area contributed by atoms with Crippen LogP contribution in [0.1, 0.15) is 32.1 Å². The largest absolute Gasteiger partial charge is 0.330 e. The summed E-state index contributed by atoms with van der Waals surface area (Å²) in [6.07, 6.45) is 6.96. The summed E-state index contributed by atoms with van der Waals surface area (Å²) >= 11 is 0. The van der Waals surface area contributed by atoms with Gasteiger partial charge in [0.15, 0.2) is 0 Å². The third-order valence-electron chi connectivity index (χ3n) is 3.53. The number of nitrogens with two attached hydrogens (primary N) is 1. The van der Waals surface area contributed by atoms with Crippen LogP contribution in [0.4, 0.5) is 0 Å².